The standard InChI is InChI=1S/C15H21F2N/c1-9-6-10(2)8-11(7-9)15(18)14-12(16)4-3-5-13(14)17/h3-5,9-11,15H,6-8,18H2,1-2H3. The third kappa shape index (κ3) is 2.72. The van der Waals surface area contributed by atoms with E-state index in [0.29, 0.717) is 11.8 Å². The molecule has 1 saturated carbocycles. The summed E-state index contributed by atoms with van der Waals surface area (Å²) in [7, 11) is 0. The highest BCUT2D eigenvalue weighted by Gasteiger charge is 2.31. The first-order valence-electron chi connectivity index (χ1n) is 6.68. The van der Waals surface area contributed by atoms with Gasteiger partial charge in [0.15, 0.2) is 0 Å². The largest absolute Gasteiger partial charge is 0.324 e. The van der Waals surface area contributed by atoms with Crippen molar-refractivity contribution in [3.63, 3.8) is 0 Å². The van der Waals surface area contributed by atoms with E-state index in [-0.39, 0.29) is 11.5 Å². The van der Waals surface area contributed by atoms with Crippen LogP contribution in [0.5, 0.6) is 0 Å². The van der Waals surface area contributed by atoms with Crippen molar-refractivity contribution in [3.8, 4) is 0 Å². The quantitative estimate of drug-likeness (QED) is 0.845. The molecule has 0 amide bonds. The van der Waals surface area contributed by atoms with Crippen LogP contribution < -0.4 is 5.73 Å². The predicted octanol–water partition coefficient (Wildman–Crippen LogP) is 4.04. The molecule has 100 valence electrons. The first kappa shape index (κ1) is 13.5. The molecule has 2 N–H and O–H groups in total. The highest BCUT2D eigenvalue weighted by Crippen LogP contribution is 2.39. The van der Waals surface area contributed by atoms with E-state index in [1.54, 1.807) is 0 Å². The van der Waals surface area contributed by atoms with Crippen molar-refractivity contribution in [2.24, 2.45) is 23.5 Å². The molecule has 1 aromatic carbocycles. The summed E-state index contributed by atoms with van der Waals surface area (Å²) < 4.78 is 27.5. The fraction of sp³-hybridized carbons (Fsp3) is 0.600. The van der Waals surface area contributed by atoms with E-state index in [2.05, 4.69) is 13.8 Å². The summed E-state index contributed by atoms with van der Waals surface area (Å²) in [4.78, 5) is 0. The molecule has 0 aromatic heterocycles. The second-order valence-corrected chi connectivity index (χ2v) is 5.84. The van der Waals surface area contributed by atoms with Gasteiger partial charge in [-0.2, -0.15) is 0 Å². The van der Waals surface area contributed by atoms with Gasteiger partial charge in [0, 0.05) is 11.6 Å². The number of rotatable bonds is 2. The Morgan fingerprint density at radius 3 is 2.06 bits per heavy atom. The minimum atomic E-state index is -0.531. The maximum Gasteiger partial charge on any atom is 0.130 e. The van der Waals surface area contributed by atoms with Gasteiger partial charge in [0.05, 0.1) is 0 Å². The van der Waals surface area contributed by atoms with Crippen LogP contribution in [-0.4, -0.2) is 0 Å². The zero-order chi connectivity index (χ0) is 13.3. The summed E-state index contributed by atoms with van der Waals surface area (Å²) in [6.07, 6.45) is 3.10. The third-order valence-corrected chi connectivity index (χ3v) is 4.06. The Hall–Kier alpha value is -0.960. The molecule has 0 heterocycles. The third-order valence-electron chi connectivity index (χ3n) is 4.06. The van der Waals surface area contributed by atoms with Crippen molar-refractivity contribution in [1.82, 2.24) is 0 Å². The normalized spacial score (nSPS) is 30.2. The molecule has 0 saturated heterocycles. The van der Waals surface area contributed by atoms with E-state index in [4.69, 9.17) is 5.73 Å². The van der Waals surface area contributed by atoms with Gasteiger partial charge in [0.1, 0.15) is 11.6 Å². The number of benzene rings is 1. The van der Waals surface area contributed by atoms with Crippen LogP contribution in [-0.2, 0) is 0 Å². The second-order valence-electron chi connectivity index (χ2n) is 5.84. The molecular weight excluding hydrogens is 232 g/mol. The van der Waals surface area contributed by atoms with Gasteiger partial charge in [-0.05, 0) is 49.1 Å². The summed E-state index contributed by atoms with van der Waals surface area (Å²) >= 11 is 0. The molecule has 0 bridgehead atoms. The molecule has 0 radical (unpaired) electrons. The van der Waals surface area contributed by atoms with Crippen LogP contribution in [0.4, 0.5) is 8.78 Å². The second kappa shape index (κ2) is 5.35. The van der Waals surface area contributed by atoms with Gasteiger partial charge < -0.3 is 5.73 Å². The van der Waals surface area contributed by atoms with Crippen molar-refractivity contribution in [1.29, 1.82) is 0 Å². The van der Waals surface area contributed by atoms with Crippen molar-refractivity contribution in [2.45, 2.75) is 39.2 Å². The van der Waals surface area contributed by atoms with Gasteiger partial charge in [-0.1, -0.05) is 19.9 Å². The number of nitrogens with two attached hydrogens (primary N) is 1. The lowest BCUT2D eigenvalue weighted by molar-refractivity contribution is 0.190. The monoisotopic (exact) mass is 253 g/mol. The highest BCUT2D eigenvalue weighted by molar-refractivity contribution is 5.23. The zero-order valence-corrected chi connectivity index (χ0v) is 11.0. The van der Waals surface area contributed by atoms with Crippen molar-refractivity contribution >= 4 is 0 Å². The lowest BCUT2D eigenvalue weighted by atomic mass is 9.72. The van der Waals surface area contributed by atoms with Crippen LogP contribution in [0.2, 0.25) is 0 Å². The van der Waals surface area contributed by atoms with E-state index < -0.39 is 17.7 Å². The first-order chi connectivity index (χ1) is 8.49. The molecule has 1 nitrogen and oxygen atoms in total. The molecular formula is C15H21F2N. The van der Waals surface area contributed by atoms with Crippen molar-refractivity contribution in [3.05, 3.63) is 35.4 Å². The van der Waals surface area contributed by atoms with Crippen molar-refractivity contribution in [2.75, 3.05) is 0 Å². The number of hydrogen-bond donors (Lipinski definition) is 1. The molecule has 1 aliphatic carbocycles. The Morgan fingerprint density at radius 2 is 1.56 bits per heavy atom. The van der Waals surface area contributed by atoms with Gasteiger partial charge in [-0.3, -0.25) is 0 Å². The Kier molecular flexibility index (Phi) is 4.00. The molecule has 3 unspecified atom stereocenters. The molecule has 3 atom stereocenters. The summed E-state index contributed by atoms with van der Waals surface area (Å²) in [5.74, 6) is 0.302. The number of hydrogen-bond acceptors (Lipinski definition) is 1. The van der Waals surface area contributed by atoms with Crippen LogP contribution in [0.15, 0.2) is 18.2 Å². The Bertz CT molecular complexity index is 389. The predicted molar refractivity (Wildman–Crippen MR) is 69.0 cm³/mol. The van der Waals surface area contributed by atoms with E-state index >= 15 is 0 Å². The molecule has 0 spiro atoms. The SMILES string of the molecule is CC1CC(C)CC(C(N)c2c(F)cccc2F)C1. The topological polar surface area (TPSA) is 26.0 Å². The minimum absolute atomic E-state index is 0.0591. The maximum atomic E-state index is 13.7. The zero-order valence-electron chi connectivity index (χ0n) is 11.0. The van der Waals surface area contributed by atoms with E-state index in [1.807, 2.05) is 0 Å². The van der Waals surface area contributed by atoms with Gasteiger partial charge >= 0.3 is 0 Å². The Labute approximate surface area is 107 Å². The smallest absolute Gasteiger partial charge is 0.130 e. The minimum Gasteiger partial charge on any atom is -0.324 e. The lowest BCUT2D eigenvalue weighted by Gasteiger charge is -2.35. The van der Waals surface area contributed by atoms with E-state index in [9.17, 15) is 8.78 Å². The first-order valence-corrected chi connectivity index (χ1v) is 6.68. The maximum absolute atomic E-state index is 13.7. The van der Waals surface area contributed by atoms with Crippen LogP contribution in [0.25, 0.3) is 0 Å². The summed E-state index contributed by atoms with van der Waals surface area (Å²) in [6.45, 7) is 4.38. The molecule has 1 aromatic rings. The van der Waals surface area contributed by atoms with Gasteiger partial charge in [-0.15, -0.1) is 0 Å². The molecule has 3 heteroatoms. The Balaban J connectivity index is 2.22. The average Bonchev–Trinajstić information content (AvgIpc) is 2.27. The average molecular weight is 253 g/mol. The van der Waals surface area contributed by atoms with Crippen LogP contribution in [0.1, 0.15) is 44.7 Å². The van der Waals surface area contributed by atoms with Gasteiger partial charge in [0.2, 0.25) is 0 Å². The fourth-order valence-electron chi connectivity index (χ4n) is 3.37. The number of halogens is 2. The highest BCUT2D eigenvalue weighted by atomic mass is 19.1. The molecule has 18 heavy (non-hydrogen) atoms. The van der Waals surface area contributed by atoms with E-state index in [1.165, 1.54) is 24.6 Å². The lowest BCUT2D eigenvalue weighted by Crippen LogP contribution is -2.30. The van der Waals surface area contributed by atoms with E-state index in [0.717, 1.165) is 12.8 Å². The van der Waals surface area contributed by atoms with Gasteiger partial charge in [0.25, 0.3) is 0 Å². The molecule has 0 aliphatic heterocycles. The van der Waals surface area contributed by atoms with Crippen LogP contribution in [0, 0.1) is 29.4 Å². The molecule has 2 rings (SSSR count). The summed E-state index contributed by atoms with van der Waals surface area (Å²) in [6, 6.07) is 3.42. The van der Waals surface area contributed by atoms with Crippen LogP contribution >= 0.6 is 0 Å². The Morgan fingerprint density at radius 1 is 1.06 bits per heavy atom. The van der Waals surface area contributed by atoms with Crippen LogP contribution in [0.3, 0.4) is 0 Å². The fourth-order valence-corrected chi connectivity index (χ4v) is 3.37. The molecule has 1 fully saturated rings. The van der Waals surface area contributed by atoms with Gasteiger partial charge in [-0.25, -0.2) is 8.78 Å². The summed E-state index contributed by atoms with van der Waals surface area (Å²) in [5.41, 5.74) is 6.17. The van der Waals surface area contributed by atoms with Crippen molar-refractivity contribution < 1.29 is 8.78 Å². The molecule has 1 aliphatic rings. The summed E-state index contributed by atoms with van der Waals surface area (Å²) in [5, 5.41) is 0.